The summed E-state index contributed by atoms with van der Waals surface area (Å²) in [6.45, 7) is 3.68. The van der Waals surface area contributed by atoms with Crippen LogP contribution in [0.3, 0.4) is 0 Å². The summed E-state index contributed by atoms with van der Waals surface area (Å²) in [5.41, 5.74) is 0.969. The Morgan fingerprint density at radius 3 is 3.00 bits per heavy atom. The smallest absolute Gasteiger partial charge is 0.0724 e. The zero-order valence-electron chi connectivity index (χ0n) is 8.73. The van der Waals surface area contributed by atoms with Gasteiger partial charge >= 0.3 is 0 Å². The molecule has 0 amide bonds. The van der Waals surface area contributed by atoms with E-state index < -0.39 is 0 Å². The first-order chi connectivity index (χ1) is 6.83. The van der Waals surface area contributed by atoms with Crippen molar-refractivity contribution < 1.29 is 4.74 Å². The molecule has 0 aliphatic carbocycles. The number of methoxy groups -OCH3 is 1. The molecule has 1 aromatic heterocycles. The number of hydrogen-bond acceptors (Lipinski definition) is 4. The van der Waals surface area contributed by atoms with E-state index in [1.54, 1.807) is 25.7 Å². The standard InChI is InChI=1S/C10H17N3O/c1-9(3-6-14-2)13-8-10-7-11-4-5-12-10/h4-5,7,9,13H,3,6,8H2,1-2H3. The van der Waals surface area contributed by atoms with Crippen molar-refractivity contribution in [3.63, 3.8) is 0 Å². The van der Waals surface area contributed by atoms with Gasteiger partial charge in [-0.2, -0.15) is 0 Å². The highest BCUT2D eigenvalue weighted by Crippen LogP contribution is 1.94. The Hall–Kier alpha value is -1.00. The van der Waals surface area contributed by atoms with E-state index in [-0.39, 0.29) is 0 Å². The van der Waals surface area contributed by atoms with Gasteiger partial charge in [0.15, 0.2) is 0 Å². The molecule has 4 nitrogen and oxygen atoms in total. The maximum absolute atomic E-state index is 5.00. The predicted molar refractivity (Wildman–Crippen MR) is 54.8 cm³/mol. The molecule has 0 aliphatic heterocycles. The Balaban J connectivity index is 2.20. The minimum atomic E-state index is 0.442. The van der Waals surface area contributed by atoms with Crippen LogP contribution >= 0.6 is 0 Å². The van der Waals surface area contributed by atoms with E-state index in [1.807, 2.05) is 0 Å². The van der Waals surface area contributed by atoms with Crippen molar-refractivity contribution in [1.29, 1.82) is 0 Å². The number of ether oxygens (including phenoxy) is 1. The first-order valence-corrected chi connectivity index (χ1v) is 4.80. The van der Waals surface area contributed by atoms with E-state index in [9.17, 15) is 0 Å². The van der Waals surface area contributed by atoms with E-state index in [2.05, 4.69) is 22.2 Å². The molecule has 78 valence electrons. The molecule has 1 atom stereocenters. The van der Waals surface area contributed by atoms with Crippen molar-refractivity contribution in [2.45, 2.75) is 25.9 Å². The molecular formula is C10H17N3O. The van der Waals surface area contributed by atoms with Gasteiger partial charge in [0, 0.05) is 44.9 Å². The summed E-state index contributed by atoms with van der Waals surface area (Å²) >= 11 is 0. The highest BCUT2D eigenvalue weighted by molar-refractivity contribution is 4.93. The minimum Gasteiger partial charge on any atom is -0.385 e. The average molecular weight is 195 g/mol. The molecule has 0 spiro atoms. The molecule has 1 N–H and O–H groups in total. The van der Waals surface area contributed by atoms with Crippen molar-refractivity contribution in [2.75, 3.05) is 13.7 Å². The van der Waals surface area contributed by atoms with Crippen molar-refractivity contribution in [2.24, 2.45) is 0 Å². The zero-order chi connectivity index (χ0) is 10.2. The molecular weight excluding hydrogens is 178 g/mol. The van der Waals surface area contributed by atoms with Crippen LogP contribution in [-0.4, -0.2) is 29.7 Å². The third-order valence-corrected chi connectivity index (χ3v) is 2.00. The first-order valence-electron chi connectivity index (χ1n) is 4.80. The molecule has 0 saturated heterocycles. The summed E-state index contributed by atoms with van der Waals surface area (Å²) in [7, 11) is 1.72. The monoisotopic (exact) mass is 195 g/mol. The third kappa shape index (κ3) is 4.30. The first kappa shape index (κ1) is 11.1. The summed E-state index contributed by atoms with van der Waals surface area (Å²) in [6.07, 6.45) is 6.17. The van der Waals surface area contributed by atoms with Crippen LogP contribution in [0.15, 0.2) is 18.6 Å². The van der Waals surface area contributed by atoms with Gasteiger partial charge in [-0.05, 0) is 13.3 Å². The van der Waals surface area contributed by atoms with E-state index in [4.69, 9.17) is 4.74 Å². The molecule has 4 heteroatoms. The lowest BCUT2D eigenvalue weighted by Gasteiger charge is -2.12. The summed E-state index contributed by atoms with van der Waals surface area (Å²) in [5, 5.41) is 3.35. The summed E-state index contributed by atoms with van der Waals surface area (Å²) in [5.74, 6) is 0. The number of aromatic nitrogens is 2. The van der Waals surface area contributed by atoms with Gasteiger partial charge in [-0.15, -0.1) is 0 Å². The van der Waals surface area contributed by atoms with Crippen molar-refractivity contribution in [3.8, 4) is 0 Å². The topological polar surface area (TPSA) is 47.0 Å². The third-order valence-electron chi connectivity index (χ3n) is 2.00. The number of hydrogen-bond donors (Lipinski definition) is 1. The summed E-state index contributed by atoms with van der Waals surface area (Å²) in [4.78, 5) is 8.17. The number of rotatable bonds is 6. The van der Waals surface area contributed by atoms with E-state index in [1.165, 1.54) is 0 Å². The predicted octanol–water partition coefficient (Wildman–Crippen LogP) is 0.991. The van der Waals surface area contributed by atoms with E-state index in [0.29, 0.717) is 6.04 Å². The van der Waals surface area contributed by atoms with Crippen LogP contribution in [0.25, 0.3) is 0 Å². The average Bonchev–Trinajstić information content (AvgIpc) is 2.25. The van der Waals surface area contributed by atoms with Gasteiger partial charge in [0.25, 0.3) is 0 Å². The maximum Gasteiger partial charge on any atom is 0.0724 e. The van der Waals surface area contributed by atoms with Gasteiger partial charge < -0.3 is 10.1 Å². The van der Waals surface area contributed by atoms with E-state index >= 15 is 0 Å². The Labute approximate surface area is 84.7 Å². The van der Waals surface area contributed by atoms with Gasteiger partial charge in [-0.1, -0.05) is 0 Å². The van der Waals surface area contributed by atoms with Gasteiger partial charge in [0.1, 0.15) is 0 Å². The summed E-state index contributed by atoms with van der Waals surface area (Å²) in [6, 6.07) is 0.442. The van der Waals surface area contributed by atoms with Crippen LogP contribution in [0, 0.1) is 0 Å². The second kappa shape index (κ2) is 6.45. The molecule has 0 fully saturated rings. The van der Waals surface area contributed by atoms with Gasteiger partial charge in [0.05, 0.1) is 5.69 Å². The molecule has 1 aromatic rings. The molecule has 1 unspecified atom stereocenters. The minimum absolute atomic E-state index is 0.442. The Bertz CT molecular complexity index is 240. The molecule has 0 aliphatic rings. The highest BCUT2D eigenvalue weighted by Gasteiger charge is 2.01. The molecule has 1 rings (SSSR count). The van der Waals surface area contributed by atoms with Crippen molar-refractivity contribution >= 4 is 0 Å². The highest BCUT2D eigenvalue weighted by atomic mass is 16.5. The van der Waals surface area contributed by atoms with Crippen molar-refractivity contribution in [1.82, 2.24) is 15.3 Å². The largest absolute Gasteiger partial charge is 0.385 e. The normalized spacial score (nSPS) is 12.7. The quantitative estimate of drug-likeness (QED) is 0.735. The van der Waals surface area contributed by atoms with Crippen LogP contribution in [0.4, 0.5) is 0 Å². The lowest BCUT2D eigenvalue weighted by molar-refractivity contribution is 0.184. The second-order valence-corrected chi connectivity index (χ2v) is 3.26. The fraction of sp³-hybridized carbons (Fsp3) is 0.600. The lowest BCUT2D eigenvalue weighted by Crippen LogP contribution is -2.27. The number of nitrogens with one attached hydrogen (secondary N) is 1. The second-order valence-electron chi connectivity index (χ2n) is 3.26. The fourth-order valence-electron chi connectivity index (χ4n) is 1.10. The van der Waals surface area contributed by atoms with Gasteiger partial charge in [0.2, 0.25) is 0 Å². The molecule has 0 radical (unpaired) electrons. The Kier molecular flexibility index (Phi) is 5.11. The van der Waals surface area contributed by atoms with E-state index in [0.717, 1.165) is 25.3 Å². The van der Waals surface area contributed by atoms with Crippen LogP contribution in [0.5, 0.6) is 0 Å². The van der Waals surface area contributed by atoms with Gasteiger partial charge in [-0.25, -0.2) is 0 Å². The number of nitrogens with zero attached hydrogens (tertiary/aromatic N) is 2. The van der Waals surface area contributed by atoms with Crippen LogP contribution < -0.4 is 5.32 Å². The fourth-order valence-corrected chi connectivity index (χ4v) is 1.10. The molecule has 0 aromatic carbocycles. The molecule has 1 heterocycles. The van der Waals surface area contributed by atoms with Crippen molar-refractivity contribution in [3.05, 3.63) is 24.3 Å². The molecule has 0 saturated carbocycles. The maximum atomic E-state index is 5.00. The molecule has 0 bridgehead atoms. The van der Waals surface area contributed by atoms with Crippen LogP contribution in [0.2, 0.25) is 0 Å². The van der Waals surface area contributed by atoms with Crippen LogP contribution in [-0.2, 0) is 11.3 Å². The Morgan fingerprint density at radius 1 is 1.50 bits per heavy atom. The SMILES string of the molecule is COCCC(C)NCc1cnccn1. The Morgan fingerprint density at radius 2 is 2.36 bits per heavy atom. The lowest BCUT2D eigenvalue weighted by atomic mass is 10.2. The summed E-state index contributed by atoms with van der Waals surface area (Å²) < 4.78 is 5.00. The van der Waals surface area contributed by atoms with Crippen LogP contribution in [0.1, 0.15) is 19.0 Å². The van der Waals surface area contributed by atoms with Gasteiger partial charge in [-0.3, -0.25) is 9.97 Å². The molecule has 14 heavy (non-hydrogen) atoms. The zero-order valence-corrected chi connectivity index (χ0v) is 8.73.